The molecule has 0 aromatic heterocycles. The minimum absolute atomic E-state index is 0.363. The molecule has 0 unspecified atom stereocenters. The molecule has 2 rings (SSSR count). The SMILES string of the molecule is O=C(O)C1(CNC2CC2)COC1. The lowest BCUT2D eigenvalue weighted by molar-refractivity contribution is -0.178. The topological polar surface area (TPSA) is 58.6 Å². The molecule has 4 heteroatoms. The van der Waals surface area contributed by atoms with Crippen LogP contribution in [0.5, 0.6) is 0 Å². The summed E-state index contributed by atoms with van der Waals surface area (Å²) >= 11 is 0. The summed E-state index contributed by atoms with van der Waals surface area (Å²) in [5.41, 5.74) is -0.622. The second kappa shape index (κ2) is 2.71. The van der Waals surface area contributed by atoms with Gasteiger partial charge in [0.25, 0.3) is 0 Å². The van der Waals surface area contributed by atoms with Crippen molar-refractivity contribution in [2.75, 3.05) is 19.8 Å². The van der Waals surface area contributed by atoms with E-state index in [9.17, 15) is 4.79 Å². The highest BCUT2D eigenvalue weighted by atomic mass is 16.5. The second-order valence-electron chi connectivity index (χ2n) is 3.73. The summed E-state index contributed by atoms with van der Waals surface area (Å²) in [4.78, 5) is 10.8. The van der Waals surface area contributed by atoms with Gasteiger partial charge in [-0.3, -0.25) is 4.79 Å². The molecule has 2 aliphatic rings. The van der Waals surface area contributed by atoms with E-state index in [1.54, 1.807) is 0 Å². The van der Waals surface area contributed by atoms with E-state index >= 15 is 0 Å². The predicted molar refractivity (Wildman–Crippen MR) is 41.9 cm³/mol. The number of ether oxygens (including phenoxy) is 1. The molecule has 0 bridgehead atoms. The minimum Gasteiger partial charge on any atom is -0.481 e. The van der Waals surface area contributed by atoms with Crippen LogP contribution in [0.3, 0.4) is 0 Å². The fourth-order valence-electron chi connectivity index (χ4n) is 1.28. The fraction of sp³-hybridized carbons (Fsp3) is 0.875. The first kappa shape index (κ1) is 8.01. The summed E-state index contributed by atoms with van der Waals surface area (Å²) in [7, 11) is 0. The van der Waals surface area contributed by atoms with Crippen molar-refractivity contribution in [2.45, 2.75) is 18.9 Å². The molecule has 0 atom stereocenters. The lowest BCUT2D eigenvalue weighted by Crippen LogP contribution is -2.55. The maximum absolute atomic E-state index is 10.8. The number of hydrogen-bond acceptors (Lipinski definition) is 3. The zero-order valence-electron chi connectivity index (χ0n) is 6.88. The Balaban J connectivity index is 1.84. The van der Waals surface area contributed by atoms with Crippen LogP contribution in [0.25, 0.3) is 0 Å². The smallest absolute Gasteiger partial charge is 0.315 e. The third-order valence-electron chi connectivity index (χ3n) is 2.52. The molecule has 0 amide bonds. The van der Waals surface area contributed by atoms with Gasteiger partial charge in [-0.1, -0.05) is 0 Å². The van der Waals surface area contributed by atoms with Crippen molar-refractivity contribution in [1.82, 2.24) is 5.32 Å². The molecule has 68 valence electrons. The normalized spacial score (nSPS) is 26.3. The number of aliphatic carboxylic acids is 1. The Kier molecular flexibility index (Phi) is 1.81. The zero-order chi connectivity index (χ0) is 8.60. The number of rotatable bonds is 4. The van der Waals surface area contributed by atoms with Gasteiger partial charge in [0, 0.05) is 12.6 Å². The summed E-state index contributed by atoms with van der Waals surface area (Å²) < 4.78 is 4.93. The third-order valence-corrected chi connectivity index (χ3v) is 2.52. The first-order valence-electron chi connectivity index (χ1n) is 4.27. The van der Waals surface area contributed by atoms with Crippen LogP contribution < -0.4 is 5.32 Å². The highest BCUT2D eigenvalue weighted by Crippen LogP contribution is 2.28. The molecule has 12 heavy (non-hydrogen) atoms. The van der Waals surface area contributed by atoms with Crippen molar-refractivity contribution in [3.05, 3.63) is 0 Å². The molecule has 0 radical (unpaired) electrons. The van der Waals surface area contributed by atoms with Gasteiger partial charge in [0.2, 0.25) is 0 Å². The lowest BCUT2D eigenvalue weighted by Gasteiger charge is -2.37. The number of carboxylic acids is 1. The first-order valence-corrected chi connectivity index (χ1v) is 4.27. The molecule has 0 aromatic carbocycles. The van der Waals surface area contributed by atoms with E-state index in [1.807, 2.05) is 0 Å². The first-order chi connectivity index (χ1) is 5.73. The van der Waals surface area contributed by atoms with E-state index in [4.69, 9.17) is 9.84 Å². The van der Waals surface area contributed by atoms with Gasteiger partial charge in [-0.25, -0.2) is 0 Å². The van der Waals surface area contributed by atoms with Crippen molar-refractivity contribution in [2.24, 2.45) is 5.41 Å². The summed E-state index contributed by atoms with van der Waals surface area (Å²) in [6.07, 6.45) is 2.38. The average molecular weight is 171 g/mol. The van der Waals surface area contributed by atoms with Crippen LogP contribution in [0, 0.1) is 5.41 Å². The van der Waals surface area contributed by atoms with Gasteiger partial charge in [-0.05, 0) is 12.8 Å². The molecule has 1 saturated heterocycles. The van der Waals surface area contributed by atoms with E-state index in [2.05, 4.69) is 5.32 Å². The van der Waals surface area contributed by atoms with Gasteiger partial charge in [0.15, 0.2) is 0 Å². The molecule has 0 aromatic rings. The van der Waals surface area contributed by atoms with Crippen LogP contribution in [-0.2, 0) is 9.53 Å². The van der Waals surface area contributed by atoms with Crippen molar-refractivity contribution < 1.29 is 14.6 Å². The Labute approximate surface area is 70.9 Å². The van der Waals surface area contributed by atoms with Crippen molar-refractivity contribution in [3.63, 3.8) is 0 Å². The predicted octanol–water partition coefficient (Wildman–Crippen LogP) is -0.160. The maximum atomic E-state index is 10.8. The number of carbonyl (C=O) groups is 1. The molecule has 2 fully saturated rings. The highest BCUT2D eigenvalue weighted by molar-refractivity contribution is 5.76. The number of nitrogens with one attached hydrogen (secondary N) is 1. The molecule has 1 aliphatic carbocycles. The number of hydrogen-bond donors (Lipinski definition) is 2. The second-order valence-corrected chi connectivity index (χ2v) is 3.73. The Bertz CT molecular complexity index is 196. The van der Waals surface area contributed by atoms with Crippen molar-refractivity contribution >= 4 is 5.97 Å². The van der Waals surface area contributed by atoms with Gasteiger partial charge in [0.1, 0.15) is 5.41 Å². The van der Waals surface area contributed by atoms with E-state index in [1.165, 1.54) is 12.8 Å². The molecule has 4 nitrogen and oxygen atoms in total. The van der Waals surface area contributed by atoms with Gasteiger partial charge < -0.3 is 15.2 Å². The van der Waals surface area contributed by atoms with Crippen LogP contribution in [0.1, 0.15) is 12.8 Å². The van der Waals surface area contributed by atoms with Crippen LogP contribution in [0.4, 0.5) is 0 Å². The van der Waals surface area contributed by atoms with Crippen molar-refractivity contribution in [3.8, 4) is 0 Å². The maximum Gasteiger partial charge on any atom is 0.315 e. The molecule has 0 spiro atoms. The molecule has 1 saturated carbocycles. The van der Waals surface area contributed by atoms with Gasteiger partial charge >= 0.3 is 5.97 Å². The quantitative estimate of drug-likeness (QED) is 0.617. The highest BCUT2D eigenvalue weighted by Gasteiger charge is 2.46. The van der Waals surface area contributed by atoms with E-state index < -0.39 is 11.4 Å². The monoisotopic (exact) mass is 171 g/mol. The minimum atomic E-state index is -0.734. The molecule has 1 aliphatic heterocycles. The average Bonchev–Trinajstić information content (AvgIpc) is 2.67. The summed E-state index contributed by atoms with van der Waals surface area (Å²) in [5.74, 6) is -0.734. The lowest BCUT2D eigenvalue weighted by atomic mass is 9.86. The van der Waals surface area contributed by atoms with E-state index in [0.717, 1.165) is 0 Å². The molecular weight excluding hydrogens is 158 g/mol. The van der Waals surface area contributed by atoms with Crippen molar-refractivity contribution in [1.29, 1.82) is 0 Å². The Morgan fingerprint density at radius 2 is 2.25 bits per heavy atom. The summed E-state index contributed by atoms with van der Waals surface area (Å²) in [5, 5.41) is 12.1. The Morgan fingerprint density at radius 1 is 1.58 bits per heavy atom. The van der Waals surface area contributed by atoms with E-state index in [-0.39, 0.29) is 0 Å². The van der Waals surface area contributed by atoms with Crippen LogP contribution in [0.15, 0.2) is 0 Å². The standard InChI is InChI=1S/C8H13NO3/c10-7(11)8(4-12-5-8)3-9-6-1-2-6/h6,9H,1-5H2,(H,10,11). The fourth-order valence-corrected chi connectivity index (χ4v) is 1.28. The number of carboxylic acid groups (broad SMARTS) is 1. The summed E-state index contributed by atoms with van der Waals surface area (Å²) in [6.45, 7) is 1.29. The van der Waals surface area contributed by atoms with Crippen LogP contribution in [0.2, 0.25) is 0 Å². The van der Waals surface area contributed by atoms with Gasteiger partial charge in [-0.15, -0.1) is 0 Å². The van der Waals surface area contributed by atoms with Crippen LogP contribution >= 0.6 is 0 Å². The van der Waals surface area contributed by atoms with E-state index in [0.29, 0.717) is 25.8 Å². The molecule has 2 N–H and O–H groups in total. The Hall–Kier alpha value is -0.610. The third kappa shape index (κ3) is 1.32. The van der Waals surface area contributed by atoms with Gasteiger partial charge in [0.05, 0.1) is 13.2 Å². The molecule has 1 heterocycles. The molecular formula is C8H13NO3. The Morgan fingerprint density at radius 3 is 2.58 bits per heavy atom. The largest absolute Gasteiger partial charge is 0.481 e. The summed E-state index contributed by atoms with van der Waals surface area (Å²) in [6, 6.07) is 0.571. The van der Waals surface area contributed by atoms with Gasteiger partial charge in [-0.2, -0.15) is 0 Å². The zero-order valence-corrected chi connectivity index (χ0v) is 6.88. The van der Waals surface area contributed by atoms with Crippen LogP contribution in [-0.4, -0.2) is 36.9 Å².